The summed E-state index contributed by atoms with van der Waals surface area (Å²) >= 11 is 0.809. The summed E-state index contributed by atoms with van der Waals surface area (Å²) < 4.78 is 32.4. The lowest BCUT2D eigenvalue weighted by Crippen LogP contribution is -2.37. The highest BCUT2D eigenvalue weighted by Gasteiger charge is 2.34. The Balaban J connectivity index is 1.61. The van der Waals surface area contributed by atoms with Gasteiger partial charge in [-0.3, -0.25) is 14.5 Å². The molecule has 160 valence electrons. The van der Waals surface area contributed by atoms with Gasteiger partial charge in [0.2, 0.25) is 10.0 Å². The Hall–Kier alpha value is -3.13. The van der Waals surface area contributed by atoms with Crippen molar-refractivity contribution in [3.63, 3.8) is 0 Å². The van der Waals surface area contributed by atoms with Crippen LogP contribution in [0.2, 0.25) is 0 Å². The van der Waals surface area contributed by atoms with Gasteiger partial charge in [0, 0.05) is 13.1 Å². The van der Waals surface area contributed by atoms with E-state index < -0.39 is 21.2 Å². The fourth-order valence-electron chi connectivity index (χ4n) is 2.75. The molecule has 1 fully saturated rings. The maximum Gasteiger partial charge on any atom is 0.293 e. The summed E-state index contributed by atoms with van der Waals surface area (Å²) in [5.41, 5.74) is 1.09. The first-order chi connectivity index (χ1) is 14.8. The van der Waals surface area contributed by atoms with Gasteiger partial charge >= 0.3 is 0 Å². The number of benzene rings is 2. The van der Waals surface area contributed by atoms with E-state index in [-0.39, 0.29) is 22.9 Å². The minimum Gasteiger partial charge on any atom is -0.494 e. The minimum atomic E-state index is -3.82. The number of sulfonamides is 1. The van der Waals surface area contributed by atoms with Gasteiger partial charge < -0.3 is 4.74 Å². The Labute approximate surface area is 184 Å². The van der Waals surface area contributed by atoms with Crippen LogP contribution in [-0.4, -0.2) is 44.2 Å². The van der Waals surface area contributed by atoms with E-state index in [4.69, 9.17) is 10.00 Å². The number of nitrogens with zero attached hydrogens (tertiary/aromatic N) is 2. The number of imide groups is 1. The Kier molecular flexibility index (Phi) is 7.12. The predicted molar refractivity (Wildman–Crippen MR) is 117 cm³/mol. The molecule has 8 nitrogen and oxygen atoms in total. The fraction of sp³-hybridized carbons (Fsp3) is 0.190. The molecular weight excluding hydrogens is 438 g/mol. The molecule has 10 heteroatoms. The summed E-state index contributed by atoms with van der Waals surface area (Å²) in [6, 6.07) is 14.5. The Morgan fingerprint density at radius 2 is 1.81 bits per heavy atom. The molecule has 2 amide bonds. The first kappa shape index (κ1) is 22.6. The standard InChI is InChI=1S/C21H19N3O5S2/c1-2-29-17-7-3-15(4-8-17)13-19-20(25)24(21(26)30-19)12-11-23-31(27,28)18-9-5-16(14-22)6-10-18/h3-10,13,23H,2,11-12H2,1H3/b19-13-. The van der Waals surface area contributed by atoms with Crippen molar-refractivity contribution in [3.05, 3.63) is 64.6 Å². The van der Waals surface area contributed by atoms with Crippen LogP contribution in [0.5, 0.6) is 5.75 Å². The summed E-state index contributed by atoms with van der Waals surface area (Å²) in [6.07, 6.45) is 1.61. The number of nitriles is 1. The van der Waals surface area contributed by atoms with E-state index in [0.29, 0.717) is 17.9 Å². The molecule has 0 atom stereocenters. The molecule has 3 rings (SSSR count). The van der Waals surface area contributed by atoms with E-state index in [9.17, 15) is 18.0 Å². The second kappa shape index (κ2) is 9.78. The highest BCUT2D eigenvalue weighted by atomic mass is 32.2. The molecule has 0 aromatic heterocycles. The van der Waals surface area contributed by atoms with Crippen LogP contribution in [0.25, 0.3) is 6.08 Å². The third-order valence-corrected chi connectivity index (χ3v) is 6.67. The van der Waals surface area contributed by atoms with Crippen LogP contribution < -0.4 is 9.46 Å². The maximum atomic E-state index is 12.6. The van der Waals surface area contributed by atoms with Gasteiger partial charge in [0.05, 0.1) is 28.0 Å². The number of thioether (sulfide) groups is 1. The summed E-state index contributed by atoms with van der Waals surface area (Å²) in [5, 5.41) is 8.34. The van der Waals surface area contributed by atoms with Crippen LogP contribution in [0.1, 0.15) is 18.1 Å². The van der Waals surface area contributed by atoms with Crippen molar-refractivity contribution in [2.24, 2.45) is 0 Å². The van der Waals surface area contributed by atoms with Gasteiger partial charge in [-0.2, -0.15) is 5.26 Å². The Morgan fingerprint density at radius 3 is 2.42 bits per heavy atom. The highest BCUT2D eigenvalue weighted by molar-refractivity contribution is 8.18. The van der Waals surface area contributed by atoms with Crippen molar-refractivity contribution < 1.29 is 22.7 Å². The van der Waals surface area contributed by atoms with E-state index in [2.05, 4.69) is 4.72 Å². The number of carbonyl (C=O) groups excluding carboxylic acids is 2. The topological polar surface area (TPSA) is 117 Å². The van der Waals surface area contributed by atoms with E-state index >= 15 is 0 Å². The van der Waals surface area contributed by atoms with Crippen LogP contribution in [0, 0.1) is 11.3 Å². The van der Waals surface area contributed by atoms with Crippen LogP contribution in [-0.2, 0) is 14.8 Å². The van der Waals surface area contributed by atoms with E-state index in [1.807, 2.05) is 13.0 Å². The number of ether oxygens (including phenoxy) is 1. The van der Waals surface area contributed by atoms with E-state index in [0.717, 1.165) is 22.2 Å². The first-order valence-electron chi connectivity index (χ1n) is 9.32. The lowest BCUT2D eigenvalue weighted by Gasteiger charge is -2.13. The maximum absolute atomic E-state index is 12.6. The van der Waals surface area contributed by atoms with Gasteiger partial charge in [0.1, 0.15) is 5.75 Å². The fourth-order valence-corrected chi connectivity index (χ4v) is 4.64. The molecule has 1 saturated heterocycles. The quantitative estimate of drug-likeness (QED) is 0.606. The number of rotatable bonds is 8. The highest BCUT2D eigenvalue weighted by Crippen LogP contribution is 2.32. The molecule has 2 aromatic rings. The predicted octanol–water partition coefficient (Wildman–Crippen LogP) is 2.97. The molecule has 0 saturated carbocycles. The lowest BCUT2D eigenvalue weighted by atomic mass is 10.2. The molecule has 0 aliphatic carbocycles. The van der Waals surface area contributed by atoms with Crippen molar-refractivity contribution in [3.8, 4) is 11.8 Å². The Bertz CT molecular complexity index is 1150. The normalized spacial score (nSPS) is 15.4. The first-order valence-corrected chi connectivity index (χ1v) is 11.6. The average Bonchev–Trinajstić information content (AvgIpc) is 3.02. The molecule has 1 N–H and O–H groups in total. The number of nitrogens with one attached hydrogen (secondary N) is 1. The van der Waals surface area contributed by atoms with Gasteiger partial charge in [-0.15, -0.1) is 0 Å². The van der Waals surface area contributed by atoms with Crippen molar-refractivity contribution >= 4 is 39.0 Å². The van der Waals surface area contributed by atoms with Crippen LogP contribution in [0.15, 0.2) is 58.3 Å². The molecule has 0 bridgehead atoms. The van der Waals surface area contributed by atoms with E-state index in [1.54, 1.807) is 30.3 Å². The summed E-state index contributed by atoms with van der Waals surface area (Å²) in [5.74, 6) is 0.240. The number of hydrogen-bond acceptors (Lipinski definition) is 7. The van der Waals surface area contributed by atoms with Crippen LogP contribution in [0.3, 0.4) is 0 Å². The molecular formula is C21H19N3O5S2. The molecule has 1 aliphatic heterocycles. The third-order valence-electron chi connectivity index (χ3n) is 4.28. The van der Waals surface area contributed by atoms with Crippen LogP contribution in [0.4, 0.5) is 4.79 Å². The van der Waals surface area contributed by atoms with Crippen molar-refractivity contribution in [2.45, 2.75) is 11.8 Å². The van der Waals surface area contributed by atoms with Gasteiger partial charge in [0.15, 0.2) is 0 Å². The van der Waals surface area contributed by atoms with Gasteiger partial charge in [-0.25, -0.2) is 13.1 Å². The minimum absolute atomic E-state index is 0.00367. The van der Waals surface area contributed by atoms with Crippen molar-refractivity contribution in [2.75, 3.05) is 19.7 Å². The second-order valence-corrected chi connectivity index (χ2v) is 9.13. The monoisotopic (exact) mass is 457 g/mol. The van der Waals surface area contributed by atoms with E-state index in [1.165, 1.54) is 24.3 Å². The Morgan fingerprint density at radius 1 is 1.13 bits per heavy atom. The zero-order chi connectivity index (χ0) is 22.4. The van der Waals surface area contributed by atoms with Crippen LogP contribution >= 0.6 is 11.8 Å². The molecule has 0 unspecified atom stereocenters. The zero-order valence-electron chi connectivity index (χ0n) is 16.6. The molecule has 0 spiro atoms. The van der Waals surface area contributed by atoms with Crippen molar-refractivity contribution in [1.29, 1.82) is 5.26 Å². The number of amides is 2. The summed E-state index contributed by atoms with van der Waals surface area (Å²) in [7, 11) is -3.82. The number of hydrogen-bond donors (Lipinski definition) is 1. The SMILES string of the molecule is CCOc1ccc(/C=C2\SC(=O)N(CCNS(=O)(=O)c3ccc(C#N)cc3)C2=O)cc1. The largest absolute Gasteiger partial charge is 0.494 e. The molecule has 31 heavy (non-hydrogen) atoms. The molecule has 0 radical (unpaired) electrons. The van der Waals surface area contributed by atoms with Gasteiger partial charge in [-0.05, 0) is 66.7 Å². The summed E-state index contributed by atoms with van der Waals surface area (Å²) in [4.78, 5) is 26.1. The third kappa shape index (κ3) is 5.52. The smallest absolute Gasteiger partial charge is 0.293 e. The summed E-state index contributed by atoms with van der Waals surface area (Å²) in [6.45, 7) is 2.21. The number of carbonyl (C=O) groups is 2. The zero-order valence-corrected chi connectivity index (χ0v) is 18.2. The molecule has 1 aliphatic rings. The van der Waals surface area contributed by atoms with Gasteiger partial charge in [-0.1, -0.05) is 12.1 Å². The van der Waals surface area contributed by atoms with Crippen molar-refractivity contribution in [1.82, 2.24) is 9.62 Å². The molecule has 1 heterocycles. The lowest BCUT2D eigenvalue weighted by molar-refractivity contribution is -0.122. The molecule has 2 aromatic carbocycles. The van der Waals surface area contributed by atoms with Gasteiger partial charge in [0.25, 0.3) is 11.1 Å². The second-order valence-electron chi connectivity index (χ2n) is 6.37. The average molecular weight is 458 g/mol.